The van der Waals surface area contributed by atoms with Crippen LogP contribution in [0.15, 0.2) is 35.9 Å². The second-order valence-electron chi connectivity index (χ2n) is 4.78. The summed E-state index contributed by atoms with van der Waals surface area (Å²) in [6, 6.07) is 6.93. The molecule has 0 atom stereocenters. The summed E-state index contributed by atoms with van der Waals surface area (Å²) < 4.78 is 0. The van der Waals surface area contributed by atoms with Gasteiger partial charge in [-0.3, -0.25) is 9.59 Å². The number of carboxylic acid groups (broad SMARTS) is 1. The average molecular weight is 259 g/mol. The topological polar surface area (TPSA) is 57.6 Å². The molecule has 1 amide bonds. The first-order valence-electron chi connectivity index (χ1n) is 6.32. The van der Waals surface area contributed by atoms with Gasteiger partial charge in [-0.1, -0.05) is 29.8 Å². The molecule has 0 fully saturated rings. The van der Waals surface area contributed by atoms with E-state index in [1.807, 2.05) is 6.08 Å². The van der Waals surface area contributed by atoms with Crippen molar-refractivity contribution in [3.05, 3.63) is 47.0 Å². The highest BCUT2D eigenvalue weighted by Gasteiger charge is 2.20. The van der Waals surface area contributed by atoms with Gasteiger partial charge >= 0.3 is 5.97 Å². The highest BCUT2D eigenvalue weighted by molar-refractivity contribution is 5.96. The Bertz CT molecular complexity index is 534. The fourth-order valence-electron chi connectivity index (χ4n) is 2.17. The Hall–Kier alpha value is -2.10. The van der Waals surface area contributed by atoms with Crippen LogP contribution in [0.1, 0.15) is 29.3 Å². The molecule has 1 heterocycles. The fourth-order valence-corrected chi connectivity index (χ4v) is 2.17. The quantitative estimate of drug-likeness (QED) is 0.846. The van der Waals surface area contributed by atoms with Gasteiger partial charge in [-0.25, -0.2) is 0 Å². The van der Waals surface area contributed by atoms with E-state index in [0.29, 0.717) is 24.2 Å². The van der Waals surface area contributed by atoms with E-state index in [2.05, 4.69) is 6.92 Å². The Morgan fingerprint density at radius 1 is 1.32 bits per heavy atom. The molecule has 4 nitrogen and oxygen atoms in total. The molecule has 0 radical (unpaired) electrons. The van der Waals surface area contributed by atoms with Crippen LogP contribution in [0.4, 0.5) is 0 Å². The first-order chi connectivity index (χ1) is 9.08. The predicted molar refractivity (Wildman–Crippen MR) is 72.1 cm³/mol. The van der Waals surface area contributed by atoms with Crippen molar-refractivity contribution in [1.29, 1.82) is 0 Å². The predicted octanol–water partition coefficient (Wildman–Crippen LogP) is 2.11. The standard InChI is InChI=1S/C15H17NO3/c1-11-6-8-16(9-7-11)15(19)13-5-3-2-4-12(13)10-14(17)18/h2-6H,7-10H2,1H3,(H,17,18). The minimum atomic E-state index is -0.922. The summed E-state index contributed by atoms with van der Waals surface area (Å²) >= 11 is 0. The zero-order valence-corrected chi connectivity index (χ0v) is 10.9. The number of hydrogen-bond donors (Lipinski definition) is 1. The Kier molecular flexibility index (Phi) is 4.00. The third-order valence-electron chi connectivity index (χ3n) is 3.31. The Labute approximate surface area is 112 Å². The van der Waals surface area contributed by atoms with Crippen molar-refractivity contribution in [2.45, 2.75) is 19.8 Å². The molecule has 2 rings (SSSR count). The van der Waals surface area contributed by atoms with E-state index in [1.54, 1.807) is 29.2 Å². The van der Waals surface area contributed by atoms with Crippen LogP contribution in [0.5, 0.6) is 0 Å². The van der Waals surface area contributed by atoms with Crippen LogP contribution in [0.25, 0.3) is 0 Å². The van der Waals surface area contributed by atoms with Gasteiger partial charge in [-0.15, -0.1) is 0 Å². The highest BCUT2D eigenvalue weighted by Crippen LogP contribution is 2.16. The molecule has 0 aliphatic carbocycles. The van der Waals surface area contributed by atoms with Crippen molar-refractivity contribution < 1.29 is 14.7 Å². The smallest absolute Gasteiger partial charge is 0.307 e. The van der Waals surface area contributed by atoms with Gasteiger partial charge in [-0.05, 0) is 25.0 Å². The Morgan fingerprint density at radius 2 is 2.05 bits per heavy atom. The molecule has 1 aromatic rings. The molecule has 0 unspecified atom stereocenters. The van der Waals surface area contributed by atoms with Crippen molar-refractivity contribution >= 4 is 11.9 Å². The second-order valence-corrected chi connectivity index (χ2v) is 4.78. The summed E-state index contributed by atoms with van der Waals surface area (Å²) in [5, 5.41) is 8.88. The summed E-state index contributed by atoms with van der Waals surface area (Å²) in [6.45, 7) is 3.36. The number of carboxylic acids is 1. The number of benzene rings is 1. The van der Waals surface area contributed by atoms with Crippen LogP contribution in [0.2, 0.25) is 0 Å². The fraction of sp³-hybridized carbons (Fsp3) is 0.333. The molecule has 1 aliphatic rings. The molecule has 1 N–H and O–H groups in total. The van der Waals surface area contributed by atoms with Gasteiger partial charge in [0.1, 0.15) is 0 Å². The molecule has 0 bridgehead atoms. The maximum atomic E-state index is 12.4. The lowest BCUT2D eigenvalue weighted by molar-refractivity contribution is -0.136. The molecule has 1 aliphatic heterocycles. The van der Waals surface area contributed by atoms with Crippen molar-refractivity contribution in [3.63, 3.8) is 0 Å². The number of carbonyl (C=O) groups excluding carboxylic acids is 1. The lowest BCUT2D eigenvalue weighted by atomic mass is 10.0. The van der Waals surface area contributed by atoms with Crippen LogP contribution in [0.3, 0.4) is 0 Å². The van der Waals surface area contributed by atoms with E-state index in [0.717, 1.165) is 6.42 Å². The summed E-state index contributed by atoms with van der Waals surface area (Å²) in [5.74, 6) is -1.00. The first kappa shape index (κ1) is 13.3. The van der Waals surface area contributed by atoms with Crippen molar-refractivity contribution in [2.75, 3.05) is 13.1 Å². The molecule has 19 heavy (non-hydrogen) atoms. The maximum absolute atomic E-state index is 12.4. The van der Waals surface area contributed by atoms with Crippen LogP contribution in [-0.4, -0.2) is 35.0 Å². The molecular formula is C15H17NO3. The van der Waals surface area contributed by atoms with E-state index < -0.39 is 5.97 Å². The average Bonchev–Trinajstić information content (AvgIpc) is 2.39. The number of nitrogens with zero attached hydrogens (tertiary/aromatic N) is 1. The zero-order chi connectivity index (χ0) is 13.8. The molecule has 100 valence electrons. The van der Waals surface area contributed by atoms with Gasteiger partial charge in [0.15, 0.2) is 0 Å². The van der Waals surface area contributed by atoms with E-state index in [4.69, 9.17) is 5.11 Å². The maximum Gasteiger partial charge on any atom is 0.307 e. The molecule has 0 spiro atoms. The number of hydrogen-bond acceptors (Lipinski definition) is 2. The molecule has 0 saturated carbocycles. The van der Waals surface area contributed by atoms with Crippen LogP contribution < -0.4 is 0 Å². The number of carbonyl (C=O) groups is 2. The van der Waals surface area contributed by atoms with E-state index >= 15 is 0 Å². The number of rotatable bonds is 3. The summed E-state index contributed by atoms with van der Waals surface area (Å²) in [6.07, 6.45) is 2.80. The summed E-state index contributed by atoms with van der Waals surface area (Å²) in [7, 11) is 0. The normalized spacial score (nSPS) is 15.0. The molecule has 0 aromatic heterocycles. The minimum Gasteiger partial charge on any atom is -0.481 e. The number of amides is 1. The SMILES string of the molecule is CC1=CCN(C(=O)c2ccccc2CC(=O)O)CC1. The first-order valence-corrected chi connectivity index (χ1v) is 6.32. The van der Waals surface area contributed by atoms with Gasteiger partial charge in [0.25, 0.3) is 5.91 Å². The Balaban J connectivity index is 2.21. The van der Waals surface area contributed by atoms with E-state index in [1.165, 1.54) is 5.57 Å². The van der Waals surface area contributed by atoms with Gasteiger partial charge in [0.05, 0.1) is 6.42 Å². The number of aliphatic carboxylic acids is 1. The third kappa shape index (κ3) is 3.22. The van der Waals surface area contributed by atoms with Gasteiger partial charge in [-0.2, -0.15) is 0 Å². The van der Waals surface area contributed by atoms with Crippen LogP contribution in [0, 0.1) is 0 Å². The highest BCUT2D eigenvalue weighted by atomic mass is 16.4. The van der Waals surface area contributed by atoms with Crippen LogP contribution in [-0.2, 0) is 11.2 Å². The van der Waals surface area contributed by atoms with Crippen molar-refractivity contribution in [3.8, 4) is 0 Å². The summed E-state index contributed by atoms with van der Waals surface area (Å²) in [5.41, 5.74) is 2.37. The van der Waals surface area contributed by atoms with Gasteiger partial charge in [0.2, 0.25) is 0 Å². The largest absolute Gasteiger partial charge is 0.481 e. The Morgan fingerprint density at radius 3 is 2.68 bits per heavy atom. The van der Waals surface area contributed by atoms with E-state index in [9.17, 15) is 9.59 Å². The van der Waals surface area contributed by atoms with Crippen molar-refractivity contribution in [2.24, 2.45) is 0 Å². The molecule has 1 aromatic carbocycles. The third-order valence-corrected chi connectivity index (χ3v) is 3.31. The molecular weight excluding hydrogens is 242 g/mol. The lowest BCUT2D eigenvalue weighted by Gasteiger charge is -2.26. The van der Waals surface area contributed by atoms with Crippen LogP contribution >= 0.6 is 0 Å². The second kappa shape index (κ2) is 5.69. The molecule has 4 heteroatoms. The van der Waals surface area contributed by atoms with Gasteiger partial charge in [0, 0.05) is 18.7 Å². The van der Waals surface area contributed by atoms with E-state index in [-0.39, 0.29) is 12.3 Å². The minimum absolute atomic E-state index is 0.0828. The molecule has 0 saturated heterocycles. The summed E-state index contributed by atoms with van der Waals surface area (Å²) in [4.78, 5) is 25.0. The van der Waals surface area contributed by atoms with Gasteiger partial charge < -0.3 is 10.0 Å². The monoisotopic (exact) mass is 259 g/mol. The zero-order valence-electron chi connectivity index (χ0n) is 10.9. The lowest BCUT2D eigenvalue weighted by Crippen LogP contribution is -2.35. The van der Waals surface area contributed by atoms with Crippen molar-refractivity contribution in [1.82, 2.24) is 4.90 Å².